The number of hydrogen-bond donors (Lipinski definition) is 0. The Morgan fingerprint density at radius 3 is 1.44 bits per heavy atom. The van der Waals surface area contributed by atoms with Gasteiger partial charge in [0.25, 0.3) is 0 Å². The highest BCUT2D eigenvalue weighted by Crippen LogP contribution is 2.44. The first-order valence-electron chi connectivity index (χ1n) is 18.1. The van der Waals surface area contributed by atoms with Gasteiger partial charge in [-0.15, -0.1) is 0 Å². The molecule has 0 unspecified atom stereocenters. The van der Waals surface area contributed by atoms with Crippen LogP contribution in [0.15, 0.2) is 182 Å². The van der Waals surface area contributed by atoms with Crippen LogP contribution in [0.2, 0.25) is 0 Å². The average Bonchev–Trinajstić information content (AvgIpc) is 3.82. The molecule has 7 aromatic carbocycles. The van der Waals surface area contributed by atoms with E-state index >= 15 is 0 Å². The van der Waals surface area contributed by atoms with E-state index in [0.717, 1.165) is 77.4 Å². The summed E-state index contributed by atoms with van der Waals surface area (Å²) in [5, 5.41) is 5.71. The molecule has 0 bridgehead atoms. The highest BCUT2D eigenvalue weighted by Gasteiger charge is 2.24. The van der Waals surface area contributed by atoms with E-state index in [1.165, 1.54) is 5.39 Å². The first-order valence-corrected chi connectivity index (χ1v) is 18.1. The molecule has 0 aliphatic carbocycles. The van der Waals surface area contributed by atoms with E-state index in [0.29, 0.717) is 17.6 Å². The lowest BCUT2D eigenvalue weighted by Crippen LogP contribution is -2.06. The molecule has 0 saturated heterocycles. The van der Waals surface area contributed by atoms with Crippen LogP contribution in [-0.4, -0.2) is 28.9 Å². The number of imidazole rings is 1. The second-order valence-corrected chi connectivity index (χ2v) is 13.5. The van der Waals surface area contributed by atoms with Crippen molar-refractivity contribution in [3.63, 3.8) is 0 Å². The Bertz CT molecular complexity index is 3130. The maximum absolute atomic E-state index is 5.43. The number of nitrogens with zero attached hydrogens (tertiary/aromatic N) is 6. The molecule has 0 aliphatic rings. The van der Waals surface area contributed by atoms with Gasteiger partial charge in [0.05, 0.1) is 27.8 Å². The molecule has 0 saturated carbocycles. The Kier molecular flexibility index (Phi) is 6.75. The molecule has 252 valence electrons. The maximum atomic E-state index is 5.43. The molecule has 0 fully saturated rings. The maximum Gasteiger partial charge on any atom is 0.238 e. The number of hydrogen-bond acceptors (Lipinski definition) is 4. The van der Waals surface area contributed by atoms with E-state index in [4.69, 9.17) is 19.9 Å². The highest BCUT2D eigenvalue weighted by molar-refractivity contribution is 6.31. The van der Waals surface area contributed by atoms with Gasteiger partial charge in [-0.05, 0) is 18.2 Å². The van der Waals surface area contributed by atoms with Crippen LogP contribution in [0.4, 0.5) is 0 Å². The molecule has 0 amide bonds. The zero-order chi connectivity index (χ0) is 35.6. The number of aromatic nitrogens is 6. The van der Waals surface area contributed by atoms with Crippen LogP contribution < -0.4 is 0 Å². The Hall–Kier alpha value is -7.44. The largest absolute Gasteiger partial charge is 0.291 e. The van der Waals surface area contributed by atoms with Crippen molar-refractivity contribution in [2.75, 3.05) is 0 Å². The molecular formula is C48H30N6. The molecule has 0 atom stereocenters. The van der Waals surface area contributed by atoms with Gasteiger partial charge in [0.15, 0.2) is 11.6 Å². The lowest BCUT2D eigenvalue weighted by atomic mass is 9.97. The first-order chi connectivity index (χ1) is 26.8. The quantitative estimate of drug-likeness (QED) is 0.169. The summed E-state index contributed by atoms with van der Waals surface area (Å²) in [5.74, 6) is 2.73. The fourth-order valence-corrected chi connectivity index (χ4v) is 8.01. The Morgan fingerprint density at radius 2 is 0.833 bits per heavy atom. The van der Waals surface area contributed by atoms with E-state index in [2.05, 4.69) is 130 Å². The number of benzene rings is 7. The molecule has 0 radical (unpaired) electrons. The van der Waals surface area contributed by atoms with E-state index < -0.39 is 0 Å². The predicted molar refractivity (Wildman–Crippen MR) is 220 cm³/mol. The van der Waals surface area contributed by atoms with Gasteiger partial charge >= 0.3 is 0 Å². The minimum absolute atomic E-state index is 0.569. The molecule has 11 rings (SSSR count). The van der Waals surface area contributed by atoms with Gasteiger partial charge in [0.1, 0.15) is 5.82 Å². The summed E-state index contributed by atoms with van der Waals surface area (Å²) in [6, 6.07) is 63.1. The molecule has 0 spiro atoms. The molecular weight excluding hydrogens is 661 g/mol. The van der Waals surface area contributed by atoms with Crippen molar-refractivity contribution in [2.24, 2.45) is 0 Å². The Morgan fingerprint density at radius 1 is 0.333 bits per heavy atom. The minimum atomic E-state index is 0.569. The monoisotopic (exact) mass is 690 g/mol. The number of rotatable bonds is 5. The van der Waals surface area contributed by atoms with Crippen LogP contribution in [-0.2, 0) is 0 Å². The molecule has 6 heteroatoms. The summed E-state index contributed by atoms with van der Waals surface area (Å²) >= 11 is 0. The van der Waals surface area contributed by atoms with Crippen molar-refractivity contribution in [3.05, 3.63) is 182 Å². The number of pyridine rings is 1. The lowest BCUT2D eigenvalue weighted by molar-refractivity contribution is 0.953. The first kappa shape index (κ1) is 30.2. The van der Waals surface area contributed by atoms with Gasteiger partial charge < -0.3 is 0 Å². The van der Waals surface area contributed by atoms with Crippen molar-refractivity contribution in [2.45, 2.75) is 0 Å². The van der Waals surface area contributed by atoms with Crippen LogP contribution in [0.1, 0.15) is 0 Å². The fourth-order valence-electron chi connectivity index (χ4n) is 8.01. The third-order valence-electron chi connectivity index (χ3n) is 10.4. The summed E-state index contributed by atoms with van der Waals surface area (Å²) in [7, 11) is 0. The SMILES string of the molecule is c1ccc(-c2nc(-c3ccccc3)nc(-n3c4ccccc4c4c5c6ccccc6n6c(-c7ccccc7)nc(-c7ccccc7)c6c5ccc43)n2)cc1. The molecule has 0 aliphatic heterocycles. The highest BCUT2D eigenvalue weighted by atomic mass is 15.2. The molecule has 4 heterocycles. The topological polar surface area (TPSA) is 60.9 Å². The van der Waals surface area contributed by atoms with Crippen LogP contribution in [0.3, 0.4) is 0 Å². The average molecular weight is 691 g/mol. The lowest BCUT2D eigenvalue weighted by Gasteiger charge is -2.14. The van der Waals surface area contributed by atoms with Gasteiger partial charge in [0.2, 0.25) is 5.95 Å². The predicted octanol–water partition coefficient (Wildman–Crippen LogP) is 11.6. The van der Waals surface area contributed by atoms with Crippen molar-refractivity contribution < 1.29 is 0 Å². The van der Waals surface area contributed by atoms with E-state index in [1.807, 2.05) is 60.7 Å². The van der Waals surface area contributed by atoms with Crippen molar-refractivity contribution in [3.8, 4) is 51.4 Å². The second-order valence-electron chi connectivity index (χ2n) is 13.5. The smallest absolute Gasteiger partial charge is 0.238 e. The van der Waals surface area contributed by atoms with Gasteiger partial charge in [0, 0.05) is 49.2 Å². The normalized spacial score (nSPS) is 11.7. The third-order valence-corrected chi connectivity index (χ3v) is 10.4. The minimum Gasteiger partial charge on any atom is -0.291 e. The number of para-hydroxylation sites is 2. The molecule has 0 N–H and O–H groups in total. The number of fused-ring (bicyclic) bond motifs is 10. The zero-order valence-corrected chi connectivity index (χ0v) is 29.0. The third kappa shape index (κ3) is 4.60. The van der Waals surface area contributed by atoms with Gasteiger partial charge in [-0.25, -0.2) is 9.97 Å². The van der Waals surface area contributed by atoms with Gasteiger partial charge in [-0.3, -0.25) is 8.97 Å². The molecule has 54 heavy (non-hydrogen) atoms. The van der Waals surface area contributed by atoms with Crippen LogP contribution in [0.5, 0.6) is 0 Å². The van der Waals surface area contributed by atoms with Crippen molar-refractivity contribution in [1.29, 1.82) is 0 Å². The van der Waals surface area contributed by atoms with Crippen molar-refractivity contribution in [1.82, 2.24) is 28.9 Å². The van der Waals surface area contributed by atoms with Gasteiger partial charge in [-0.1, -0.05) is 164 Å². The van der Waals surface area contributed by atoms with Gasteiger partial charge in [-0.2, -0.15) is 9.97 Å². The standard InChI is InChI=1S/C48H30N6/c1-5-17-31(18-6-1)43-44-37-29-30-40-42(41(37)35-25-13-16-28-39(35)54(44)47(49-43)34-23-11-4-12-24-34)36-26-14-15-27-38(36)53(40)48-51-45(32-19-7-2-8-20-32)50-46(52-48)33-21-9-3-10-22-33/h1-30H. The van der Waals surface area contributed by atoms with E-state index in [9.17, 15) is 0 Å². The Balaban J connectivity index is 1.30. The van der Waals surface area contributed by atoms with Crippen molar-refractivity contribution >= 4 is 49.0 Å². The summed E-state index contributed by atoms with van der Waals surface area (Å²) in [6.45, 7) is 0. The van der Waals surface area contributed by atoms with Crippen LogP contribution in [0.25, 0.3) is 100 Å². The summed E-state index contributed by atoms with van der Waals surface area (Å²) in [5.41, 5.74) is 9.16. The Labute approximate surface area is 310 Å². The summed E-state index contributed by atoms with van der Waals surface area (Å²) in [6.07, 6.45) is 0. The van der Waals surface area contributed by atoms with E-state index in [-0.39, 0.29) is 0 Å². The van der Waals surface area contributed by atoms with E-state index in [1.54, 1.807) is 0 Å². The van der Waals surface area contributed by atoms with Crippen LogP contribution in [0, 0.1) is 0 Å². The summed E-state index contributed by atoms with van der Waals surface area (Å²) < 4.78 is 4.55. The summed E-state index contributed by atoms with van der Waals surface area (Å²) in [4.78, 5) is 20.8. The molecule has 11 aromatic rings. The van der Waals surface area contributed by atoms with Crippen LogP contribution >= 0.6 is 0 Å². The fraction of sp³-hybridized carbons (Fsp3) is 0. The molecule has 6 nitrogen and oxygen atoms in total. The second kappa shape index (κ2) is 12.1. The molecule has 4 aromatic heterocycles. The zero-order valence-electron chi connectivity index (χ0n) is 29.0.